The summed E-state index contributed by atoms with van der Waals surface area (Å²) in [7, 11) is 0. The minimum absolute atomic E-state index is 0.0395. The largest absolute Gasteiger partial charge is 0.321 e. The van der Waals surface area contributed by atoms with Crippen molar-refractivity contribution in [2.45, 2.75) is 32.2 Å². The zero-order valence-electron chi connectivity index (χ0n) is 8.80. The van der Waals surface area contributed by atoms with Gasteiger partial charge in [0.1, 0.15) is 0 Å². The van der Waals surface area contributed by atoms with Crippen LogP contribution in [-0.4, -0.2) is 19.6 Å². The number of rotatable bonds is 4. The molecule has 0 amide bonds. The van der Waals surface area contributed by atoms with Gasteiger partial charge in [-0.15, -0.1) is 10.2 Å². The van der Waals surface area contributed by atoms with Gasteiger partial charge in [0.15, 0.2) is 11.5 Å². The van der Waals surface area contributed by atoms with Crippen LogP contribution < -0.4 is 5.73 Å². The van der Waals surface area contributed by atoms with Crippen molar-refractivity contribution in [3.05, 3.63) is 24.4 Å². The zero-order valence-corrected chi connectivity index (χ0v) is 8.80. The predicted octanol–water partition coefficient (Wildman–Crippen LogP) is 1.31. The summed E-state index contributed by atoms with van der Waals surface area (Å²) in [5, 5.41) is 8.11. The fraction of sp³-hybridized carbons (Fsp3) is 0.500. The summed E-state index contributed by atoms with van der Waals surface area (Å²) < 4.78 is 1.90. The molecule has 0 saturated carbocycles. The molecule has 80 valence electrons. The van der Waals surface area contributed by atoms with Crippen molar-refractivity contribution >= 4 is 5.65 Å². The third-order valence-corrected chi connectivity index (χ3v) is 2.44. The highest BCUT2D eigenvalue weighted by Crippen LogP contribution is 2.15. The summed E-state index contributed by atoms with van der Waals surface area (Å²) in [5.74, 6) is 0.820. The van der Waals surface area contributed by atoms with E-state index in [1.54, 1.807) is 12.4 Å². The minimum atomic E-state index is -0.0395. The number of fused-ring (bicyclic) bond motifs is 1. The Balaban J connectivity index is 2.27. The first-order valence-corrected chi connectivity index (χ1v) is 5.23. The van der Waals surface area contributed by atoms with Crippen molar-refractivity contribution in [1.82, 2.24) is 19.6 Å². The maximum absolute atomic E-state index is 6.05. The first-order valence-electron chi connectivity index (χ1n) is 5.23. The molecule has 2 heterocycles. The number of unbranched alkanes of at least 4 members (excludes halogenated alkanes) is 1. The maximum Gasteiger partial charge on any atom is 0.179 e. The van der Waals surface area contributed by atoms with E-state index in [1.165, 1.54) is 0 Å². The molecule has 2 aromatic rings. The lowest BCUT2D eigenvalue weighted by Crippen LogP contribution is -2.13. The third-order valence-electron chi connectivity index (χ3n) is 2.44. The number of hydrogen-bond donors (Lipinski definition) is 1. The Kier molecular flexibility index (Phi) is 2.91. The Morgan fingerprint density at radius 2 is 2.33 bits per heavy atom. The average Bonchev–Trinajstić information content (AvgIpc) is 2.69. The number of nitrogens with two attached hydrogens (primary N) is 1. The van der Waals surface area contributed by atoms with Crippen molar-refractivity contribution < 1.29 is 0 Å². The Bertz CT molecular complexity index is 436. The lowest BCUT2D eigenvalue weighted by molar-refractivity contribution is 0.570. The molecule has 1 unspecified atom stereocenters. The van der Waals surface area contributed by atoms with Gasteiger partial charge in [-0.25, -0.2) is 0 Å². The second kappa shape index (κ2) is 4.35. The van der Waals surface area contributed by atoms with Crippen LogP contribution in [0.15, 0.2) is 18.6 Å². The van der Waals surface area contributed by atoms with E-state index in [1.807, 2.05) is 10.6 Å². The van der Waals surface area contributed by atoms with E-state index in [4.69, 9.17) is 5.73 Å². The second-order valence-electron chi connectivity index (χ2n) is 3.61. The molecule has 0 aromatic carbocycles. The molecule has 15 heavy (non-hydrogen) atoms. The molecular weight excluding hydrogens is 190 g/mol. The topological polar surface area (TPSA) is 69.1 Å². The van der Waals surface area contributed by atoms with Gasteiger partial charge < -0.3 is 5.73 Å². The Morgan fingerprint density at radius 3 is 3.13 bits per heavy atom. The molecule has 0 aliphatic rings. The summed E-state index contributed by atoms with van der Waals surface area (Å²) in [6.45, 7) is 2.15. The summed E-state index contributed by atoms with van der Waals surface area (Å²) in [5.41, 5.74) is 6.80. The molecule has 5 nitrogen and oxygen atoms in total. The second-order valence-corrected chi connectivity index (χ2v) is 3.61. The normalized spacial score (nSPS) is 13.2. The van der Waals surface area contributed by atoms with Gasteiger partial charge in [-0.1, -0.05) is 19.8 Å². The fourth-order valence-corrected chi connectivity index (χ4v) is 1.58. The van der Waals surface area contributed by atoms with Crippen LogP contribution in [-0.2, 0) is 0 Å². The number of hydrogen-bond acceptors (Lipinski definition) is 4. The molecule has 5 heteroatoms. The van der Waals surface area contributed by atoms with Crippen molar-refractivity contribution in [1.29, 1.82) is 0 Å². The van der Waals surface area contributed by atoms with Crippen molar-refractivity contribution in [3.63, 3.8) is 0 Å². The van der Waals surface area contributed by atoms with Crippen LogP contribution in [0.25, 0.3) is 5.65 Å². The standard InChI is InChI=1S/C10H15N5/c1-2-3-4-8(11)10-14-13-9-7-12-5-6-15(9)10/h5-8H,2-4,11H2,1H3. The molecule has 2 aromatic heterocycles. The monoisotopic (exact) mass is 205 g/mol. The van der Waals surface area contributed by atoms with Gasteiger partial charge in [0.05, 0.1) is 12.2 Å². The lowest BCUT2D eigenvalue weighted by atomic mass is 10.1. The SMILES string of the molecule is CCCCC(N)c1nnc2cnccn12. The summed E-state index contributed by atoms with van der Waals surface area (Å²) in [4.78, 5) is 3.98. The van der Waals surface area contributed by atoms with Crippen molar-refractivity contribution in [3.8, 4) is 0 Å². The first kappa shape index (κ1) is 10.0. The van der Waals surface area contributed by atoms with Gasteiger partial charge in [0.25, 0.3) is 0 Å². The summed E-state index contributed by atoms with van der Waals surface area (Å²) in [6.07, 6.45) is 8.44. The highest BCUT2D eigenvalue weighted by atomic mass is 15.3. The molecule has 0 aliphatic carbocycles. The quantitative estimate of drug-likeness (QED) is 0.817. The molecule has 2 rings (SSSR count). The molecule has 2 N–H and O–H groups in total. The molecule has 0 saturated heterocycles. The van der Waals surface area contributed by atoms with E-state index in [0.29, 0.717) is 0 Å². The van der Waals surface area contributed by atoms with Gasteiger partial charge in [-0.2, -0.15) is 0 Å². The summed E-state index contributed by atoms with van der Waals surface area (Å²) >= 11 is 0. The number of aromatic nitrogens is 4. The smallest absolute Gasteiger partial charge is 0.179 e. The van der Waals surface area contributed by atoms with Crippen LogP contribution in [0.4, 0.5) is 0 Å². The maximum atomic E-state index is 6.05. The van der Waals surface area contributed by atoms with Crippen molar-refractivity contribution in [2.24, 2.45) is 5.73 Å². The molecule has 0 fully saturated rings. The van der Waals surface area contributed by atoms with Crippen LogP contribution in [0.1, 0.15) is 38.1 Å². The van der Waals surface area contributed by atoms with E-state index in [2.05, 4.69) is 22.1 Å². The molecule has 0 radical (unpaired) electrons. The number of nitrogens with zero attached hydrogens (tertiary/aromatic N) is 4. The van der Waals surface area contributed by atoms with Crippen LogP contribution in [0.5, 0.6) is 0 Å². The molecule has 0 bridgehead atoms. The zero-order chi connectivity index (χ0) is 10.7. The van der Waals surface area contributed by atoms with E-state index in [9.17, 15) is 0 Å². The highest BCUT2D eigenvalue weighted by molar-refractivity contribution is 5.34. The van der Waals surface area contributed by atoms with Gasteiger partial charge >= 0.3 is 0 Å². The lowest BCUT2D eigenvalue weighted by Gasteiger charge is -2.08. The van der Waals surface area contributed by atoms with Gasteiger partial charge in [0.2, 0.25) is 0 Å². The van der Waals surface area contributed by atoms with Crippen LogP contribution >= 0.6 is 0 Å². The van der Waals surface area contributed by atoms with Gasteiger partial charge in [0, 0.05) is 12.4 Å². The minimum Gasteiger partial charge on any atom is -0.321 e. The highest BCUT2D eigenvalue weighted by Gasteiger charge is 2.12. The predicted molar refractivity (Wildman–Crippen MR) is 57.2 cm³/mol. The van der Waals surface area contributed by atoms with Gasteiger partial charge in [-0.05, 0) is 6.42 Å². The third kappa shape index (κ3) is 1.97. The molecule has 0 aliphatic heterocycles. The van der Waals surface area contributed by atoms with Crippen LogP contribution in [0.2, 0.25) is 0 Å². The fourth-order valence-electron chi connectivity index (χ4n) is 1.58. The van der Waals surface area contributed by atoms with E-state index < -0.39 is 0 Å². The molecule has 0 spiro atoms. The summed E-state index contributed by atoms with van der Waals surface area (Å²) in [6, 6.07) is -0.0395. The van der Waals surface area contributed by atoms with E-state index in [0.717, 1.165) is 30.7 Å². The van der Waals surface area contributed by atoms with E-state index in [-0.39, 0.29) is 6.04 Å². The first-order chi connectivity index (χ1) is 7.33. The molecular formula is C10H15N5. The average molecular weight is 205 g/mol. The van der Waals surface area contributed by atoms with E-state index >= 15 is 0 Å². The van der Waals surface area contributed by atoms with Crippen LogP contribution in [0, 0.1) is 0 Å². The van der Waals surface area contributed by atoms with Gasteiger partial charge in [-0.3, -0.25) is 9.38 Å². The Morgan fingerprint density at radius 1 is 1.47 bits per heavy atom. The van der Waals surface area contributed by atoms with Crippen molar-refractivity contribution in [2.75, 3.05) is 0 Å². The Labute approximate surface area is 88.3 Å². The van der Waals surface area contributed by atoms with Crippen LogP contribution in [0.3, 0.4) is 0 Å². The molecule has 1 atom stereocenters. The Hall–Kier alpha value is -1.49.